The molecule has 0 saturated carbocycles. The van der Waals surface area contributed by atoms with Crippen LogP contribution in [-0.4, -0.2) is 12.4 Å². The zero-order valence-corrected chi connectivity index (χ0v) is 14.5. The second kappa shape index (κ2) is 6.17. The van der Waals surface area contributed by atoms with Crippen LogP contribution in [-0.2, 0) is 10.0 Å². The predicted octanol–water partition coefficient (Wildman–Crippen LogP) is 4.42. The van der Waals surface area contributed by atoms with E-state index < -0.39 is 10.0 Å². The number of aromatic nitrogens is 1. The summed E-state index contributed by atoms with van der Waals surface area (Å²) in [6, 6.07) is 25.0. The molecule has 5 heteroatoms. The van der Waals surface area contributed by atoms with Gasteiger partial charge in [0.05, 0.1) is 22.0 Å². The molecule has 0 fully saturated rings. The molecular weight excluding hydrogens is 344 g/mol. The van der Waals surface area contributed by atoms with E-state index in [1.54, 1.807) is 60.8 Å². The minimum Gasteiger partial charge on any atom is -0.241 e. The molecule has 1 aromatic heterocycles. The molecule has 4 nitrogen and oxygen atoms in total. The molecule has 0 N–H and O–H groups in total. The Morgan fingerprint density at radius 1 is 0.846 bits per heavy atom. The minimum atomic E-state index is -3.72. The molecule has 0 unspecified atom stereocenters. The lowest BCUT2D eigenvalue weighted by Crippen LogP contribution is -2.11. The van der Waals surface area contributed by atoms with Crippen LogP contribution in [0.25, 0.3) is 22.0 Å². The van der Waals surface area contributed by atoms with Gasteiger partial charge in [-0.2, -0.15) is 5.26 Å². The van der Waals surface area contributed by atoms with Gasteiger partial charge in [-0.05, 0) is 35.9 Å². The van der Waals surface area contributed by atoms with Gasteiger partial charge in [-0.1, -0.05) is 48.5 Å². The van der Waals surface area contributed by atoms with E-state index >= 15 is 0 Å². The molecule has 0 atom stereocenters. The summed E-state index contributed by atoms with van der Waals surface area (Å²) in [7, 11) is -3.72. The van der Waals surface area contributed by atoms with E-state index in [9.17, 15) is 8.42 Å². The van der Waals surface area contributed by atoms with Crippen molar-refractivity contribution in [2.24, 2.45) is 0 Å². The molecule has 4 aromatic rings. The lowest BCUT2D eigenvalue weighted by molar-refractivity contribution is 0.589. The number of hydrogen-bond donors (Lipinski definition) is 0. The van der Waals surface area contributed by atoms with Gasteiger partial charge < -0.3 is 0 Å². The topological polar surface area (TPSA) is 62.9 Å². The molecule has 4 rings (SSSR count). The van der Waals surface area contributed by atoms with Gasteiger partial charge in [0.2, 0.25) is 0 Å². The fourth-order valence-electron chi connectivity index (χ4n) is 3.04. The van der Waals surface area contributed by atoms with Crippen molar-refractivity contribution in [1.82, 2.24) is 3.97 Å². The first kappa shape index (κ1) is 16.1. The van der Waals surface area contributed by atoms with Gasteiger partial charge in [0, 0.05) is 17.1 Å². The summed E-state index contributed by atoms with van der Waals surface area (Å²) in [4.78, 5) is 0.234. The molecule has 0 bridgehead atoms. The van der Waals surface area contributed by atoms with Crippen LogP contribution in [0.1, 0.15) is 5.56 Å². The quantitative estimate of drug-likeness (QED) is 0.545. The fourth-order valence-corrected chi connectivity index (χ4v) is 4.43. The number of benzene rings is 3. The van der Waals surface area contributed by atoms with Crippen molar-refractivity contribution in [3.8, 4) is 17.2 Å². The summed E-state index contributed by atoms with van der Waals surface area (Å²) in [6.45, 7) is 0. The van der Waals surface area contributed by atoms with Gasteiger partial charge in [-0.25, -0.2) is 12.4 Å². The first-order valence-electron chi connectivity index (χ1n) is 8.02. The largest absolute Gasteiger partial charge is 0.268 e. The third kappa shape index (κ3) is 2.57. The Kier molecular flexibility index (Phi) is 3.83. The van der Waals surface area contributed by atoms with Crippen LogP contribution in [0.4, 0.5) is 0 Å². The highest BCUT2D eigenvalue weighted by atomic mass is 32.2. The fraction of sp³-hybridized carbons (Fsp3) is 0. The second-order valence-electron chi connectivity index (χ2n) is 5.87. The Morgan fingerprint density at radius 3 is 2.35 bits per heavy atom. The molecule has 0 saturated heterocycles. The number of nitriles is 1. The molecule has 26 heavy (non-hydrogen) atoms. The Balaban J connectivity index is 2.00. The smallest absolute Gasteiger partial charge is 0.241 e. The zero-order valence-electron chi connectivity index (χ0n) is 13.7. The normalized spacial score (nSPS) is 11.3. The summed E-state index contributed by atoms with van der Waals surface area (Å²) >= 11 is 0. The SMILES string of the molecule is N#Cc1cccc(-c2cn(S(=O)(=O)c3ccccc3)c3ccccc23)c1. The summed E-state index contributed by atoms with van der Waals surface area (Å²) in [5.41, 5.74) is 2.72. The average Bonchev–Trinajstić information content (AvgIpc) is 3.09. The zero-order chi connectivity index (χ0) is 18.1. The van der Waals surface area contributed by atoms with E-state index in [-0.39, 0.29) is 4.90 Å². The minimum absolute atomic E-state index is 0.234. The average molecular weight is 358 g/mol. The van der Waals surface area contributed by atoms with E-state index in [1.165, 1.54) is 3.97 Å². The Morgan fingerprint density at radius 2 is 1.58 bits per heavy atom. The van der Waals surface area contributed by atoms with Crippen molar-refractivity contribution in [1.29, 1.82) is 5.26 Å². The summed E-state index contributed by atoms with van der Waals surface area (Å²) in [5, 5.41) is 9.98. The number of nitrogens with zero attached hydrogens (tertiary/aromatic N) is 2. The van der Waals surface area contributed by atoms with Gasteiger partial charge in [0.25, 0.3) is 10.0 Å². The maximum absolute atomic E-state index is 13.1. The van der Waals surface area contributed by atoms with Gasteiger partial charge >= 0.3 is 0 Å². The molecule has 0 radical (unpaired) electrons. The highest BCUT2D eigenvalue weighted by molar-refractivity contribution is 7.90. The van der Waals surface area contributed by atoms with Gasteiger partial charge in [0.15, 0.2) is 0 Å². The van der Waals surface area contributed by atoms with Crippen LogP contribution in [0, 0.1) is 11.3 Å². The molecule has 0 aliphatic carbocycles. The lowest BCUT2D eigenvalue weighted by atomic mass is 10.0. The monoisotopic (exact) mass is 358 g/mol. The van der Waals surface area contributed by atoms with E-state index in [1.807, 2.05) is 24.3 Å². The molecule has 126 valence electrons. The van der Waals surface area contributed by atoms with Gasteiger partial charge in [-0.15, -0.1) is 0 Å². The van der Waals surface area contributed by atoms with Crippen LogP contribution < -0.4 is 0 Å². The maximum atomic E-state index is 13.1. The van der Waals surface area contributed by atoms with E-state index in [0.717, 1.165) is 16.5 Å². The first-order valence-corrected chi connectivity index (χ1v) is 9.46. The maximum Gasteiger partial charge on any atom is 0.268 e. The van der Waals surface area contributed by atoms with Crippen LogP contribution in [0.3, 0.4) is 0 Å². The molecule has 0 aliphatic rings. The van der Waals surface area contributed by atoms with Crippen LogP contribution in [0.5, 0.6) is 0 Å². The Hall–Kier alpha value is -3.36. The lowest BCUT2D eigenvalue weighted by Gasteiger charge is -2.07. The molecule has 1 heterocycles. The van der Waals surface area contributed by atoms with Crippen molar-refractivity contribution in [2.75, 3.05) is 0 Å². The predicted molar refractivity (Wildman–Crippen MR) is 101 cm³/mol. The highest BCUT2D eigenvalue weighted by Crippen LogP contribution is 2.33. The number of para-hydroxylation sites is 1. The number of hydrogen-bond acceptors (Lipinski definition) is 3. The van der Waals surface area contributed by atoms with Crippen LogP contribution in [0.2, 0.25) is 0 Å². The van der Waals surface area contributed by atoms with E-state index in [2.05, 4.69) is 6.07 Å². The highest BCUT2D eigenvalue weighted by Gasteiger charge is 2.21. The standard InChI is InChI=1S/C21H14N2O2S/c22-14-16-7-6-8-17(13-16)20-15-23(21-12-5-4-11-19(20)21)26(24,25)18-9-2-1-3-10-18/h1-13,15H. The number of rotatable bonds is 3. The summed E-state index contributed by atoms with van der Waals surface area (Å²) in [5.74, 6) is 0. The second-order valence-corrected chi connectivity index (χ2v) is 7.68. The first-order chi connectivity index (χ1) is 12.6. The third-order valence-electron chi connectivity index (χ3n) is 4.28. The van der Waals surface area contributed by atoms with Crippen LogP contribution >= 0.6 is 0 Å². The summed E-state index contributed by atoms with van der Waals surface area (Å²) in [6.07, 6.45) is 1.63. The van der Waals surface area contributed by atoms with Crippen molar-refractivity contribution in [3.63, 3.8) is 0 Å². The van der Waals surface area contributed by atoms with E-state index in [0.29, 0.717) is 11.1 Å². The van der Waals surface area contributed by atoms with Gasteiger partial charge in [-0.3, -0.25) is 0 Å². The van der Waals surface area contributed by atoms with Crippen molar-refractivity contribution in [3.05, 3.63) is 90.6 Å². The molecule has 0 amide bonds. The van der Waals surface area contributed by atoms with Crippen molar-refractivity contribution in [2.45, 2.75) is 4.90 Å². The Labute approximate surface area is 151 Å². The van der Waals surface area contributed by atoms with Gasteiger partial charge in [0.1, 0.15) is 0 Å². The third-order valence-corrected chi connectivity index (χ3v) is 5.97. The summed E-state index contributed by atoms with van der Waals surface area (Å²) < 4.78 is 27.6. The molecule has 3 aromatic carbocycles. The molecule has 0 spiro atoms. The number of fused-ring (bicyclic) bond motifs is 1. The van der Waals surface area contributed by atoms with E-state index in [4.69, 9.17) is 5.26 Å². The van der Waals surface area contributed by atoms with Crippen molar-refractivity contribution >= 4 is 20.9 Å². The molecular formula is C21H14N2O2S. The Bertz CT molecular complexity index is 1250. The van der Waals surface area contributed by atoms with Crippen LogP contribution in [0.15, 0.2) is 90.0 Å². The van der Waals surface area contributed by atoms with Crippen molar-refractivity contribution < 1.29 is 8.42 Å². The molecule has 0 aliphatic heterocycles.